The van der Waals surface area contributed by atoms with Crippen LogP contribution in [0.5, 0.6) is 0 Å². The number of imidazole rings is 1. The molecule has 0 saturated heterocycles. The lowest BCUT2D eigenvalue weighted by molar-refractivity contribution is -0.148. The Morgan fingerprint density at radius 1 is 1.30 bits per heavy atom. The lowest BCUT2D eigenvalue weighted by Gasteiger charge is -2.28. The number of halogens is 3. The van der Waals surface area contributed by atoms with Gasteiger partial charge in [-0.05, 0) is 6.92 Å². The molecule has 3 heterocycles. The highest BCUT2D eigenvalue weighted by Crippen LogP contribution is 2.29. The fraction of sp³-hybridized carbons (Fsp3) is 0.538. The largest absolute Gasteiger partial charge is 0.451 e. The minimum absolute atomic E-state index is 0.00914. The van der Waals surface area contributed by atoms with Crippen molar-refractivity contribution in [3.63, 3.8) is 0 Å². The van der Waals surface area contributed by atoms with Crippen molar-refractivity contribution >= 4 is 15.9 Å². The molecule has 0 aliphatic carbocycles. The molecule has 1 aliphatic rings. The summed E-state index contributed by atoms with van der Waals surface area (Å²) in [5.74, 6) is -1.23. The quantitative estimate of drug-likeness (QED) is 0.742. The highest BCUT2D eigenvalue weighted by Gasteiger charge is 2.40. The first-order valence-electron chi connectivity index (χ1n) is 7.75. The Kier molecular flexibility index (Phi) is 4.71. The number of amides is 1. The maximum atomic E-state index is 12.8. The van der Waals surface area contributed by atoms with Crippen LogP contribution in [0.25, 0.3) is 0 Å². The molecule has 14 heteroatoms. The van der Waals surface area contributed by atoms with Gasteiger partial charge in [-0.2, -0.15) is 13.2 Å². The first-order chi connectivity index (χ1) is 12.5. The molecule has 0 saturated carbocycles. The predicted molar refractivity (Wildman–Crippen MR) is 83.6 cm³/mol. The van der Waals surface area contributed by atoms with Gasteiger partial charge in [0.05, 0.1) is 13.1 Å². The molecule has 2 aromatic heterocycles. The zero-order valence-corrected chi connectivity index (χ0v) is 15.2. The number of hydrogen-bond donors (Lipinski definition) is 1. The summed E-state index contributed by atoms with van der Waals surface area (Å²) in [4.78, 5) is 17.4. The summed E-state index contributed by atoms with van der Waals surface area (Å²) in [5, 5.41) is 6.38. The molecule has 148 valence electrons. The maximum absolute atomic E-state index is 12.8. The maximum Gasteiger partial charge on any atom is 0.451 e. The number of fused-ring (bicyclic) bond motifs is 1. The molecule has 3 rings (SSSR count). The van der Waals surface area contributed by atoms with E-state index in [1.807, 2.05) is 0 Å². The highest BCUT2D eigenvalue weighted by molar-refractivity contribution is 7.89. The smallest absolute Gasteiger partial charge is 0.337 e. The summed E-state index contributed by atoms with van der Waals surface area (Å²) in [6, 6.07) is 0. The number of carbonyl (C=O) groups excluding carboxylic acids is 1. The van der Waals surface area contributed by atoms with Crippen LogP contribution in [0.2, 0.25) is 0 Å². The Labute approximate surface area is 152 Å². The van der Waals surface area contributed by atoms with E-state index in [2.05, 4.69) is 19.9 Å². The average Bonchev–Trinajstić information content (AvgIpc) is 3.16. The second-order valence-corrected chi connectivity index (χ2v) is 7.68. The van der Waals surface area contributed by atoms with Crippen molar-refractivity contribution in [2.24, 2.45) is 7.05 Å². The van der Waals surface area contributed by atoms with Crippen molar-refractivity contribution in [3.05, 3.63) is 23.7 Å². The molecule has 1 N–H and O–H groups in total. The van der Waals surface area contributed by atoms with E-state index in [9.17, 15) is 26.4 Å². The average molecular weight is 407 g/mol. The second kappa shape index (κ2) is 6.60. The summed E-state index contributed by atoms with van der Waals surface area (Å²) >= 11 is 0. The van der Waals surface area contributed by atoms with Gasteiger partial charge in [0, 0.05) is 26.3 Å². The number of hydrogen-bond acceptors (Lipinski definition) is 6. The van der Waals surface area contributed by atoms with Crippen LogP contribution in [0.1, 0.15) is 17.5 Å². The number of carbonyl (C=O) groups is 1. The van der Waals surface area contributed by atoms with Gasteiger partial charge in [0.15, 0.2) is 10.9 Å². The topological polar surface area (TPSA) is 115 Å². The second-order valence-electron chi connectivity index (χ2n) is 5.97. The van der Waals surface area contributed by atoms with E-state index >= 15 is 0 Å². The minimum Gasteiger partial charge on any atom is -0.337 e. The third-order valence-electron chi connectivity index (χ3n) is 4.13. The van der Waals surface area contributed by atoms with E-state index in [0.717, 1.165) is 4.57 Å². The van der Waals surface area contributed by atoms with Crippen LogP contribution in [0, 0.1) is 6.92 Å². The molecular formula is C13H16F3N7O3S. The van der Waals surface area contributed by atoms with Crippen molar-refractivity contribution in [1.29, 1.82) is 0 Å². The van der Waals surface area contributed by atoms with Crippen LogP contribution < -0.4 is 4.72 Å². The molecule has 1 aliphatic heterocycles. The van der Waals surface area contributed by atoms with Crippen molar-refractivity contribution < 1.29 is 26.4 Å². The van der Waals surface area contributed by atoms with Crippen LogP contribution in [-0.2, 0) is 41.1 Å². The Morgan fingerprint density at radius 2 is 2.00 bits per heavy atom. The number of nitrogens with one attached hydrogen (secondary N) is 1. The minimum atomic E-state index is -4.63. The van der Waals surface area contributed by atoms with Crippen LogP contribution in [0.15, 0.2) is 11.2 Å². The van der Waals surface area contributed by atoms with Gasteiger partial charge in [-0.3, -0.25) is 4.79 Å². The van der Waals surface area contributed by atoms with Gasteiger partial charge in [0.25, 0.3) is 10.0 Å². The first kappa shape index (κ1) is 19.3. The predicted octanol–water partition coefficient (Wildman–Crippen LogP) is -0.340. The van der Waals surface area contributed by atoms with Crippen LogP contribution >= 0.6 is 0 Å². The number of aryl methyl sites for hydroxylation is 2. The molecule has 0 unspecified atom stereocenters. The van der Waals surface area contributed by atoms with Gasteiger partial charge in [-0.15, -0.1) is 10.2 Å². The van der Waals surface area contributed by atoms with Gasteiger partial charge < -0.3 is 14.0 Å². The molecule has 0 atom stereocenters. The Hall–Kier alpha value is -2.48. The summed E-state index contributed by atoms with van der Waals surface area (Å²) in [6.45, 7) is 0.750. The molecule has 0 fully saturated rings. The summed E-state index contributed by atoms with van der Waals surface area (Å²) in [5.41, 5.74) is 0. The third kappa shape index (κ3) is 3.80. The molecule has 0 radical (unpaired) electrons. The summed E-state index contributed by atoms with van der Waals surface area (Å²) < 4.78 is 67.4. The van der Waals surface area contributed by atoms with Crippen molar-refractivity contribution in [3.8, 4) is 0 Å². The van der Waals surface area contributed by atoms with E-state index in [1.54, 1.807) is 14.0 Å². The zero-order chi connectivity index (χ0) is 20.0. The summed E-state index contributed by atoms with van der Waals surface area (Å²) in [6.07, 6.45) is -3.32. The van der Waals surface area contributed by atoms with Gasteiger partial charge in [-0.25, -0.2) is 18.1 Å². The molecule has 0 bridgehead atoms. The molecule has 2 aromatic rings. The Bertz CT molecular complexity index is 960. The lowest BCUT2D eigenvalue weighted by Crippen LogP contribution is -2.44. The van der Waals surface area contributed by atoms with E-state index < -0.39 is 34.5 Å². The van der Waals surface area contributed by atoms with Crippen molar-refractivity contribution in [2.45, 2.75) is 31.2 Å². The molecule has 1 amide bonds. The Balaban J connectivity index is 1.65. The van der Waals surface area contributed by atoms with Gasteiger partial charge in [0.2, 0.25) is 11.7 Å². The number of rotatable bonds is 4. The molecule has 0 aromatic carbocycles. The number of sulfonamides is 1. The highest BCUT2D eigenvalue weighted by atomic mass is 32.2. The fourth-order valence-electron chi connectivity index (χ4n) is 2.58. The Morgan fingerprint density at radius 3 is 2.59 bits per heavy atom. The van der Waals surface area contributed by atoms with Gasteiger partial charge in [0.1, 0.15) is 5.82 Å². The zero-order valence-electron chi connectivity index (χ0n) is 14.4. The molecule has 27 heavy (non-hydrogen) atoms. The number of alkyl halides is 3. The molecule has 0 spiro atoms. The monoisotopic (exact) mass is 407 g/mol. The van der Waals surface area contributed by atoms with Gasteiger partial charge in [-0.1, -0.05) is 0 Å². The van der Waals surface area contributed by atoms with Gasteiger partial charge >= 0.3 is 6.18 Å². The van der Waals surface area contributed by atoms with Crippen LogP contribution in [-0.4, -0.2) is 56.6 Å². The van der Waals surface area contributed by atoms with E-state index in [-0.39, 0.29) is 30.5 Å². The number of nitrogens with zero attached hydrogens (tertiary/aromatic N) is 6. The SMILES string of the molecule is Cc1nc(S(=O)(=O)NCC(=O)N2CCn3c(nnc3C(F)(F)F)C2)cn1C. The number of aromatic nitrogens is 5. The van der Waals surface area contributed by atoms with Crippen LogP contribution in [0.4, 0.5) is 13.2 Å². The summed E-state index contributed by atoms with van der Waals surface area (Å²) in [7, 11) is -2.35. The van der Waals surface area contributed by atoms with Crippen LogP contribution in [0.3, 0.4) is 0 Å². The van der Waals surface area contributed by atoms with Crippen molar-refractivity contribution in [1.82, 2.24) is 33.9 Å². The molecule has 10 nitrogen and oxygen atoms in total. The van der Waals surface area contributed by atoms with E-state index in [1.165, 1.54) is 15.7 Å². The fourth-order valence-corrected chi connectivity index (χ4v) is 3.59. The van der Waals surface area contributed by atoms with E-state index in [0.29, 0.717) is 5.82 Å². The third-order valence-corrected chi connectivity index (χ3v) is 5.41. The van der Waals surface area contributed by atoms with E-state index in [4.69, 9.17) is 0 Å². The normalized spacial score (nSPS) is 15.1. The lowest BCUT2D eigenvalue weighted by atomic mass is 10.3. The molecular weight excluding hydrogens is 391 g/mol. The standard InChI is InChI=1S/C13H16F3N7O3S/c1-8-18-10(7-21(8)2)27(25,26)17-5-11(24)22-3-4-23-9(6-22)19-20-12(23)13(14,15)16/h7,17H,3-6H2,1-2H3. The first-order valence-corrected chi connectivity index (χ1v) is 9.24. The van der Waals surface area contributed by atoms with Crippen molar-refractivity contribution in [2.75, 3.05) is 13.1 Å².